The van der Waals surface area contributed by atoms with Crippen molar-refractivity contribution >= 4 is 23.2 Å². The van der Waals surface area contributed by atoms with E-state index in [1.165, 1.54) is 13.4 Å². The summed E-state index contributed by atoms with van der Waals surface area (Å²) in [5.74, 6) is 0.563. The number of fused-ring (bicyclic) bond motifs is 1. The largest absolute Gasteiger partial charge is 0.394 e. The number of aromatic nitrogens is 2. The summed E-state index contributed by atoms with van der Waals surface area (Å²) < 4.78 is 11.2. The number of anilines is 3. The van der Waals surface area contributed by atoms with Gasteiger partial charge < -0.3 is 35.2 Å². The third-order valence-corrected chi connectivity index (χ3v) is 4.87. The molecule has 0 spiro atoms. The molecule has 4 N–H and O–H groups in total. The van der Waals surface area contributed by atoms with Crippen molar-refractivity contribution in [1.82, 2.24) is 9.97 Å². The minimum atomic E-state index is -0.969. The number of ether oxygens (including phenoxy) is 2. The highest BCUT2D eigenvalue weighted by molar-refractivity contribution is 6.06. The van der Waals surface area contributed by atoms with Crippen molar-refractivity contribution in [3.05, 3.63) is 42.2 Å². The van der Waals surface area contributed by atoms with E-state index in [1.807, 2.05) is 6.07 Å². The van der Waals surface area contributed by atoms with E-state index in [4.69, 9.17) is 9.47 Å². The van der Waals surface area contributed by atoms with Gasteiger partial charge in [0, 0.05) is 12.7 Å². The monoisotopic (exact) mass is 387 g/mol. The van der Waals surface area contributed by atoms with Crippen LogP contribution in [0.5, 0.6) is 0 Å². The highest BCUT2D eigenvalue weighted by Gasteiger charge is 2.48. The Labute approximate surface area is 161 Å². The molecule has 1 saturated heterocycles. The van der Waals surface area contributed by atoms with Gasteiger partial charge in [0.05, 0.1) is 13.3 Å². The fourth-order valence-corrected chi connectivity index (χ4v) is 3.45. The van der Waals surface area contributed by atoms with Gasteiger partial charge in [0.1, 0.15) is 30.3 Å². The van der Waals surface area contributed by atoms with Crippen LogP contribution in [0.15, 0.2) is 36.7 Å². The fourth-order valence-electron chi connectivity index (χ4n) is 3.45. The Balaban J connectivity index is 1.58. The van der Waals surface area contributed by atoms with Gasteiger partial charge in [0.25, 0.3) is 5.91 Å². The predicted octanol–water partition coefficient (Wildman–Crippen LogP) is 0.0114. The van der Waals surface area contributed by atoms with Gasteiger partial charge in [-0.05, 0) is 12.1 Å². The van der Waals surface area contributed by atoms with Gasteiger partial charge in [0.2, 0.25) is 0 Å². The lowest BCUT2D eigenvalue weighted by atomic mass is 10.1. The maximum Gasteiger partial charge on any atom is 0.256 e. The number of aliphatic hydroxyl groups excluding tert-OH is 2. The number of carbonyl (C=O) groups is 1. The number of hydrogen-bond donors (Lipinski definition) is 4. The zero-order chi connectivity index (χ0) is 19.7. The molecule has 2 aliphatic rings. The lowest BCUT2D eigenvalue weighted by Gasteiger charge is -2.28. The van der Waals surface area contributed by atoms with Gasteiger partial charge in [0.15, 0.2) is 17.9 Å². The molecule has 0 radical (unpaired) electrons. The Morgan fingerprint density at radius 2 is 2.18 bits per heavy atom. The standard InChI is InChI=1S/C18H21N5O5/c1-27-14-13(25)11(7-24)28-18(14)23-9-21-12-15(19-8-20-16(12)23)22-17(26)10-5-3-2-4-6-10/h2-6,8,11,13-14,18,21,24-25H,7,9H2,1H3,(H,19,20,22,26). The molecule has 2 aromatic rings. The summed E-state index contributed by atoms with van der Waals surface area (Å²) in [5.41, 5.74) is 1.06. The maximum absolute atomic E-state index is 12.5. The van der Waals surface area contributed by atoms with Crippen LogP contribution < -0.4 is 15.5 Å². The van der Waals surface area contributed by atoms with Crippen LogP contribution >= 0.6 is 0 Å². The quantitative estimate of drug-likeness (QED) is 0.561. The number of aliphatic hydroxyl groups is 2. The third kappa shape index (κ3) is 3.16. The third-order valence-electron chi connectivity index (χ3n) is 4.87. The van der Waals surface area contributed by atoms with E-state index >= 15 is 0 Å². The van der Waals surface area contributed by atoms with Gasteiger partial charge >= 0.3 is 0 Å². The molecule has 1 aromatic carbocycles. The molecule has 3 heterocycles. The summed E-state index contributed by atoms with van der Waals surface area (Å²) in [6, 6.07) is 8.82. The van der Waals surface area contributed by atoms with Crippen LogP contribution in [0.4, 0.5) is 17.3 Å². The molecule has 1 fully saturated rings. The molecule has 4 atom stereocenters. The van der Waals surface area contributed by atoms with Crippen LogP contribution in [0, 0.1) is 0 Å². The molecule has 0 bridgehead atoms. The topological polar surface area (TPSA) is 129 Å². The van der Waals surface area contributed by atoms with Crippen molar-refractivity contribution in [3.63, 3.8) is 0 Å². The summed E-state index contributed by atoms with van der Waals surface area (Å²) in [7, 11) is 1.47. The van der Waals surface area contributed by atoms with E-state index in [1.54, 1.807) is 29.2 Å². The van der Waals surface area contributed by atoms with E-state index < -0.39 is 24.5 Å². The van der Waals surface area contributed by atoms with E-state index in [-0.39, 0.29) is 12.5 Å². The Morgan fingerprint density at radius 1 is 1.39 bits per heavy atom. The number of hydrogen-bond acceptors (Lipinski definition) is 9. The zero-order valence-corrected chi connectivity index (χ0v) is 15.1. The van der Waals surface area contributed by atoms with Gasteiger partial charge in [-0.3, -0.25) is 4.79 Å². The van der Waals surface area contributed by atoms with Gasteiger partial charge in [-0.2, -0.15) is 0 Å². The molecule has 0 saturated carbocycles. The maximum atomic E-state index is 12.5. The van der Waals surface area contributed by atoms with Crippen molar-refractivity contribution in [1.29, 1.82) is 0 Å². The van der Waals surface area contributed by atoms with E-state index in [0.717, 1.165) is 0 Å². The second-order valence-corrected chi connectivity index (χ2v) is 6.48. The number of amides is 1. The second-order valence-electron chi connectivity index (χ2n) is 6.48. The van der Waals surface area contributed by atoms with Crippen molar-refractivity contribution in [2.45, 2.75) is 24.5 Å². The number of nitrogens with one attached hydrogen (secondary N) is 2. The Bertz CT molecular complexity index is 852. The second kappa shape index (κ2) is 7.68. The van der Waals surface area contributed by atoms with Crippen LogP contribution in [0.25, 0.3) is 0 Å². The van der Waals surface area contributed by atoms with Crippen LogP contribution in [-0.4, -0.2) is 71.0 Å². The van der Waals surface area contributed by atoms with Crippen molar-refractivity contribution in [3.8, 4) is 0 Å². The first-order valence-corrected chi connectivity index (χ1v) is 8.83. The highest BCUT2D eigenvalue weighted by Crippen LogP contribution is 2.38. The zero-order valence-electron chi connectivity index (χ0n) is 15.1. The molecule has 0 aliphatic carbocycles. The SMILES string of the molecule is COC1C(O)C(CO)OC1N1CNc2c(NC(=O)c3ccccc3)ncnc21. The number of nitrogens with zero attached hydrogens (tertiary/aromatic N) is 3. The molecule has 2 aliphatic heterocycles. The van der Waals surface area contributed by atoms with Crippen molar-refractivity contribution < 1.29 is 24.5 Å². The molecule has 4 rings (SSSR count). The van der Waals surface area contributed by atoms with E-state index in [2.05, 4.69) is 20.6 Å². The first kappa shape index (κ1) is 18.6. The summed E-state index contributed by atoms with van der Waals surface area (Å²) in [4.78, 5) is 22.7. The molecule has 10 heteroatoms. The molecule has 1 amide bonds. The van der Waals surface area contributed by atoms with E-state index in [9.17, 15) is 15.0 Å². The fraction of sp³-hybridized carbons (Fsp3) is 0.389. The summed E-state index contributed by atoms with van der Waals surface area (Å²) >= 11 is 0. The van der Waals surface area contributed by atoms with Crippen LogP contribution in [0.3, 0.4) is 0 Å². The van der Waals surface area contributed by atoms with Crippen LogP contribution in [-0.2, 0) is 9.47 Å². The Kier molecular flexibility index (Phi) is 5.09. The van der Waals surface area contributed by atoms with Crippen LogP contribution in [0.2, 0.25) is 0 Å². The average Bonchev–Trinajstić information content (AvgIpc) is 3.29. The molecule has 148 valence electrons. The Hall–Kier alpha value is -2.79. The number of rotatable bonds is 5. The lowest BCUT2D eigenvalue weighted by Crippen LogP contribution is -2.45. The van der Waals surface area contributed by atoms with Crippen molar-refractivity contribution in [2.24, 2.45) is 0 Å². The number of methoxy groups -OCH3 is 1. The number of benzene rings is 1. The molecular weight excluding hydrogens is 366 g/mol. The molecule has 1 aromatic heterocycles. The Morgan fingerprint density at radius 3 is 2.89 bits per heavy atom. The van der Waals surface area contributed by atoms with E-state index in [0.29, 0.717) is 29.6 Å². The van der Waals surface area contributed by atoms with Gasteiger partial charge in [-0.1, -0.05) is 18.2 Å². The molecular formula is C18H21N5O5. The minimum Gasteiger partial charge on any atom is -0.394 e. The van der Waals surface area contributed by atoms with Gasteiger partial charge in [-0.25, -0.2) is 9.97 Å². The first-order valence-electron chi connectivity index (χ1n) is 8.83. The smallest absolute Gasteiger partial charge is 0.256 e. The highest BCUT2D eigenvalue weighted by atomic mass is 16.6. The van der Waals surface area contributed by atoms with Crippen molar-refractivity contribution in [2.75, 3.05) is 35.9 Å². The molecule has 4 unspecified atom stereocenters. The predicted molar refractivity (Wildman–Crippen MR) is 99.9 cm³/mol. The molecule has 10 nitrogen and oxygen atoms in total. The van der Waals surface area contributed by atoms with Gasteiger partial charge in [-0.15, -0.1) is 0 Å². The van der Waals surface area contributed by atoms with Crippen LogP contribution in [0.1, 0.15) is 10.4 Å². The first-order chi connectivity index (χ1) is 13.6. The average molecular weight is 387 g/mol. The lowest BCUT2D eigenvalue weighted by molar-refractivity contribution is -0.0223. The normalized spacial score (nSPS) is 26.0. The number of carbonyl (C=O) groups excluding carboxylic acids is 1. The summed E-state index contributed by atoms with van der Waals surface area (Å²) in [6.45, 7) is -0.00849. The summed E-state index contributed by atoms with van der Waals surface area (Å²) in [6.07, 6.45) is -1.70. The minimum absolute atomic E-state index is 0.288. The molecule has 28 heavy (non-hydrogen) atoms. The summed E-state index contributed by atoms with van der Waals surface area (Å²) in [5, 5.41) is 25.6.